The Morgan fingerprint density at radius 2 is 2.15 bits per heavy atom. The van der Waals surface area contributed by atoms with Gasteiger partial charge in [0.1, 0.15) is 5.75 Å². The largest absolute Gasteiger partial charge is 0.497 e. The third-order valence-electron chi connectivity index (χ3n) is 5.97. The van der Waals surface area contributed by atoms with Crippen LogP contribution >= 0.6 is 0 Å². The summed E-state index contributed by atoms with van der Waals surface area (Å²) in [7, 11) is 1.74. The van der Waals surface area contributed by atoms with Crippen molar-refractivity contribution in [3.05, 3.63) is 46.8 Å². The minimum absolute atomic E-state index is 0.518. The Balaban J connectivity index is 1.33. The second-order valence-electron chi connectivity index (χ2n) is 7.94. The van der Waals surface area contributed by atoms with Gasteiger partial charge in [-0.1, -0.05) is 19.4 Å². The standard InChI is InChI=1S/C22H32N4O/c1-3-4-9-25-10-11-26-21(16-25)14-20(24-26)15-23-19-7-5-17-6-8-22(27-2)13-18(17)12-19/h6,8,13-14,19,23H,3-5,7,9-12,15-16H2,1-2H3/t19-/m1/s1. The van der Waals surface area contributed by atoms with E-state index >= 15 is 0 Å². The first-order valence-electron chi connectivity index (χ1n) is 10.4. The van der Waals surface area contributed by atoms with Gasteiger partial charge in [0.05, 0.1) is 25.0 Å². The average Bonchev–Trinajstić information content (AvgIpc) is 3.12. The first kappa shape index (κ1) is 18.5. The number of benzene rings is 1. The van der Waals surface area contributed by atoms with Crippen LogP contribution in [0.25, 0.3) is 0 Å². The zero-order chi connectivity index (χ0) is 18.6. The molecular formula is C22H32N4O. The Bertz CT molecular complexity index is 770. The number of nitrogens with zero attached hydrogens (tertiary/aromatic N) is 3. The summed E-state index contributed by atoms with van der Waals surface area (Å²) in [6, 6.07) is 9.31. The average molecular weight is 369 g/mol. The van der Waals surface area contributed by atoms with Crippen molar-refractivity contribution in [2.24, 2.45) is 0 Å². The molecule has 0 fully saturated rings. The number of nitrogens with one attached hydrogen (secondary N) is 1. The minimum atomic E-state index is 0.518. The first-order valence-corrected chi connectivity index (χ1v) is 10.4. The highest BCUT2D eigenvalue weighted by Crippen LogP contribution is 2.26. The predicted molar refractivity (Wildman–Crippen MR) is 108 cm³/mol. The lowest BCUT2D eigenvalue weighted by molar-refractivity contribution is 0.210. The van der Waals surface area contributed by atoms with Crippen LogP contribution in [0.5, 0.6) is 5.75 Å². The highest BCUT2D eigenvalue weighted by Gasteiger charge is 2.21. The van der Waals surface area contributed by atoms with Crippen molar-refractivity contribution < 1.29 is 4.74 Å². The lowest BCUT2D eigenvalue weighted by atomic mass is 9.88. The molecule has 1 aliphatic carbocycles. The van der Waals surface area contributed by atoms with Gasteiger partial charge >= 0.3 is 0 Å². The number of rotatable bonds is 7. The molecule has 0 saturated heterocycles. The van der Waals surface area contributed by atoms with Gasteiger partial charge in [-0.15, -0.1) is 0 Å². The van der Waals surface area contributed by atoms with Crippen LogP contribution in [0.15, 0.2) is 24.3 Å². The van der Waals surface area contributed by atoms with E-state index in [1.165, 1.54) is 48.3 Å². The van der Waals surface area contributed by atoms with Crippen molar-refractivity contribution in [1.29, 1.82) is 0 Å². The zero-order valence-electron chi connectivity index (χ0n) is 16.7. The second-order valence-corrected chi connectivity index (χ2v) is 7.94. The van der Waals surface area contributed by atoms with Gasteiger partial charge in [0, 0.05) is 25.7 Å². The van der Waals surface area contributed by atoms with E-state index in [1.807, 2.05) is 0 Å². The lowest BCUT2D eigenvalue weighted by Crippen LogP contribution is -2.34. The third kappa shape index (κ3) is 4.36. The van der Waals surface area contributed by atoms with Gasteiger partial charge in [0.25, 0.3) is 0 Å². The Kier molecular flexibility index (Phi) is 5.79. The molecule has 0 spiro atoms. The Labute approximate surface area is 162 Å². The molecule has 5 nitrogen and oxygen atoms in total. The molecule has 0 bridgehead atoms. The van der Waals surface area contributed by atoms with Crippen molar-refractivity contribution in [2.75, 3.05) is 20.2 Å². The van der Waals surface area contributed by atoms with Crippen LogP contribution in [0.4, 0.5) is 0 Å². The molecule has 0 radical (unpaired) electrons. The van der Waals surface area contributed by atoms with Crippen LogP contribution in [0.2, 0.25) is 0 Å². The molecule has 0 unspecified atom stereocenters. The normalized spacial score (nSPS) is 19.6. The minimum Gasteiger partial charge on any atom is -0.497 e. The maximum atomic E-state index is 5.39. The topological polar surface area (TPSA) is 42.3 Å². The summed E-state index contributed by atoms with van der Waals surface area (Å²) in [4.78, 5) is 2.56. The number of unbranched alkanes of at least 4 members (excludes halogenated alkanes) is 1. The number of ether oxygens (including phenoxy) is 1. The maximum absolute atomic E-state index is 5.39. The summed E-state index contributed by atoms with van der Waals surface area (Å²) in [5, 5.41) is 8.57. The molecule has 2 aromatic rings. The number of aryl methyl sites for hydroxylation is 1. The van der Waals surface area contributed by atoms with Crippen LogP contribution in [-0.4, -0.2) is 40.9 Å². The van der Waals surface area contributed by atoms with E-state index < -0.39 is 0 Å². The summed E-state index contributed by atoms with van der Waals surface area (Å²) < 4.78 is 7.60. The summed E-state index contributed by atoms with van der Waals surface area (Å²) in [6.45, 7) is 7.53. The summed E-state index contributed by atoms with van der Waals surface area (Å²) in [5.74, 6) is 0.962. The van der Waals surface area contributed by atoms with E-state index in [1.54, 1.807) is 7.11 Å². The maximum Gasteiger partial charge on any atom is 0.119 e. The van der Waals surface area contributed by atoms with Crippen LogP contribution in [0.1, 0.15) is 48.7 Å². The number of hydrogen-bond acceptors (Lipinski definition) is 4. The summed E-state index contributed by atoms with van der Waals surface area (Å²) in [5.41, 5.74) is 5.44. The van der Waals surface area contributed by atoms with E-state index in [2.05, 4.69) is 46.1 Å². The molecular weight excluding hydrogens is 336 g/mol. The molecule has 2 heterocycles. The molecule has 0 amide bonds. The van der Waals surface area contributed by atoms with Gasteiger partial charge in [-0.3, -0.25) is 9.58 Å². The monoisotopic (exact) mass is 368 g/mol. The van der Waals surface area contributed by atoms with Gasteiger partial charge in [-0.25, -0.2) is 0 Å². The van der Waals surface area contributed by atoms with E-state index in [9.17, 15) is 0 Å². The fourth-order valence-electron chi connectivity index (χ4n) is 4.32. The van der Waals surface area contributed by atoms with Crippen molar-refractivity contribution in [1.82, 2.24) is 20.0 Å². The van der Waals surface area contributed by atoms with E-state index in [0.717, 1.165) is 44.8 Å². The number of aromatic nitrogens is 2. The molecule has 1 aromatic heterocycles. The SMILES string of the molecule is CCCCN1CCn2nc(CN[C@@H]3CCc4ccc(OC)cc4C3)cc2C1. The fraction of sp³-hybridized carbons (Fsp3) is 0.591. The smallest absolute Gasteiger partial charge is 0.119 e. The van der Waals surface area contributed by atoms with Crippen molar-refractivity contribution in [3.8, 4) is 5.75 Å². The predicted octanol–water partition coefficient (Wildman–Crippen LogP) is 3.15. The van der Waals surface area contributed by atoms with Gasteiger partial charge < -0.3 is 10.1 Å². The fourth-order valence-corrected chi connectivity index (χ4v) is 4.32. The van der Waals surface area contributed by atoms with E-state index in [4.69, 9.17) is 9.84 Å². The molecule has 1 atom stereocenters. The van der Waals surface area contributed by atoms with Crippen molar-refractivity contribution >= 4 is 0 Å². The Morgan fingerprint density at radius 1 is 1.22 bits per heavy atom. The molecule has 27 heavy (non-hydrogen) atoms. The molecule has 0 saturated carbocycles. The Morgan fingerprint density at radius 3 is 3.00 bits per heavy atom. The quantitative estimate of drug-likeness (QED) is 0.815. The van der Waals surface area contributed by atoms with Crippen LogP contribution in [0.3, 0.4) is 0 Å². The molecule has 2 aliphatic rings. The number of fused-ring (bicyclic) bond motifs is 2. The third-order valence-corrected chi connectivity index (χ3v) is 5.97. The van der Waals surface area contributed by atoms with Crippen molar-refractivity contribution in [3.63, 3.8) is 0 Å². The van der Waals surface area contributed by atoms with Gasteiger partial charge in [0.2, 0.25) is 0 Å². The Hall–Kier alpha value is -1.85. The molecule has 146 valence electrons. The summed E-state index contributed by atoms with van der Waals surface area (Å²) in [6.07, 6.45) is 5.96. The van der Waals surface area contributed by atoms with Gasteiger partial charge in [-0.05, 0) is 61.6 Å². The number of hydrogen-bond donors (Lipinski definition) is 1. The lowest BCUT2D eigenvalue weighted by Gasteiger charge is -2.27. The molecule has 4 rings (SSSR count). The number of methoxy groups -OCH3 is 1. The van der Waals surface area contributed by atoms with Gasteiger partial charge in [0.15, 0.2) is 0 Å². The van der Waals surface area contributed by atoms with Crippen LogP contribution < -0.4 is 10.1 Å². The summed E-state index contributed by atoms with van der Waals surface area (Å²) >= 11 is 0. The molecule has 1 aromatic carbocycles. The molecule has 1 N–H and O–H groups in total. The molecule has 1 aliphatic heterocycles. The van der Waals surface area contributed by atoms with Crippen LogP contribution in [-0.2, 0) is 32.5 Å². The second kappa shape index (κ2) is 8.44. The van der Waals surface area contributed by atoms with Crippen LogP contribution in [0, 0.1) is 0 Å². The van der Waals surface area contributed by atoms with E-state index in [-0.39, 0.29) is 0 Å². The van der Waals surface area contributed by atoms with E-state index in [0.29, 0.717) is 6.04 Å². The highest BCUT2D eigenvalue weighted by molar-refractivity contribution is 5.37. The molecule has 5 heteroatoms. The van der Waals surface area contributed by atoms with Gasteiger partial charge in [-0.2, -0.15) is 5.10 Å². The first-order chi connectivity index (χ1) is 13.2. The van der Waals surface area contributed by atoms with Crippen molar-refractivity contribution in [2.45, 2.75) is 64.7 Å². The zero-order valence-corrected chi connectivity index (χ0v) is 16.7. The highest BCUT2D eigenvalue weighted by atomic mass is 16.5.